The largest absolute Gasteiger partial charge is 0.383 e. The Morgan fingerprint density at radius 2 is 1.90 bits per heavy atom. The minimum atomic E-state index is -0.898. The molecule has 0 unspecified atom stereocenters. The van der Waals surface area contributed by atoms with Gasteiger partial charge >= 0.3 is 0 Å². The second-order valence-corrected chi connectivity index (χ2v) is 4.02. The Kier molecular flexibility index (Phi) is 6.05. The molecule has 0 radical (unpaired) electrons. The molecule has 0 atom stereocenters. The van der Waals surface area contributed by atoms with Gasteiger partial charge in [-0.2, -0.15) is 0 Å². The van der Waals surface area contributed by atoms with E-state index >= 15 is 0 Å². The van der Waals surface area contributed by atoms with Crippen molar-refractivity contribution in [3.63, 3.8) is 0 Å². The summed E-state index contributed by atoms with van der Waals surface area (Å²) in [6.45, 7) is 1.23. The molecule has 1 aromatic rings. The molecule has 1 N–H and O–H groups in total. The molecule has 0 saturated heterocycles. The van der Waals surface area contributed by atoms with Gasteiger partial charge in [-0.25, -0.2) is 8.78 Å². The molecule has 20 heavy (non-hydrogen) atoms. The zero-order chi connectivity index (χ0) is 15.1. The van der Waals surface area contributed by atoms with Crippen molar-refractivity contribution in [2.24, 2.45) is 0 Å². The molecule has 7 heteroatoms. The van der Waals surface area contributed by atoms with Gasteiger partial charge in [-0.15, -0.1) is 0 Å². The van der Waals surface area contributed by atoms with Crippen molar-refractivity contribution in [3.05, 3.63) is 29.8 Å². The van der Waals surface area contributed by atoms with E-state index in [4.69, 9.17) is 4.74 Å². The minimum absolute atomic E-state index is 0.251. The standard InChI is InChI=1S/C13H16F2N2O3/c1-9(18)17(8-12(19)16-6-7-20-2)13-10(14)4-3-5-11(13)15/h3-5H,6-8H2,1-2H3,(H,16,19). The van der Waals surface area contributed by atoms with Crippen molar-refractivity contribution in [2.75, 3.05) is 31.7 Å². The van der Waals surface area contributed by atoms with Gasteiger partial charge in [-0.05, 0) is 12.1 Å². The molecule has 0 spiro atoms. The van der Waals surface area contributed by atoms with Crippen LogP contribution in [0.3, 0.4) is 0 Å². The van der Waals surface area contributed by atoms with Crippen LogP contribution in [0.4, 0.5) is 14.5 Å². The van der Waals surface area contributed by atoms with Gasteiger partial charge in [0.15, 0.2) is 0 Å². The molecular formula is C13H16F2N2O3. The number of ether oxygens (including phenoxy) is 1. The lowest BCUT2D eigenvalue weighted by molar-refractivity contribution is -0.123. The Morgan fingerprint density at radius 3 is 2.40 bits per heavy atom. The third-order valence-corrected chi connectivity index (χ3v) is 2.52. The summed E-state index contributed by atoms with van der Waals surface area (Å²) in [5.41, 5.74) is -0.526. The van der Waals surface area contributed by atoms with Crippen molar-refractivity contribution < 1.29 is 23.1 Å². The maximum Gasteiger partial charge on any atom is 0.240 e. The van der Waals surface area contributed by atoms with E-state index in [9.17, 15) is 18.4 Å². The van der Waals surface area contributed by atoms with E-state index in [-0.39, 0.29) is 6.54 Å². The second-order valence-electron chi connectivity index (χ2n) is 4.02. The highest BCUT2D eigenvalue weighted by molar-refractivity contribution is 5.97. The summed E-state index contributed by atoms with van der Waals surface area (Å²) >= 11 is 0. The van der Waals surface area contributed by atoms with Crippen molar-refractivity contribution in [2.45, 2.75) is 6.92 Å². The van der Waals surface area contributed by atoms with Gasteiger partial charge < -0.3 is 10.1 Å². The first-order chi connectivity index (χ1) is 9.47. The van der Waals surface area contributed by atoms with Gasteiger partial charge in [0.25, 0.3) is 0 Å². The van der Waals surface area contributed by atoms with Crippen LogP contribution in [0.1, 0.15) is 6.92 Å². The number of nitrogens with zero attached hydrogens (tertiary/aromatic N) is 1. The molecule has 1 rings (SSSR count). The summed E-state index contributed by atoms with van der Waals surface area (Å²) in [5.74, 6) is -2.95. The molecule has 0 aromatic heterocycles. The maximum absolute atomic E-state index is 13.6. The molecule has 0 heterocycles. The fraction of sp³-hybridized carbons (Fsp3) is 0.385. The molecule has 0 bridgehead atoms. The van der Waals surface area contributed by atoms with Crippen LogP contribution in [0.5, 0.6) is 0 Å². The predicted octanol–water partition coefficient (Wildman–Crippen LogP) is 1.08. The van der Waals surface area contributed by atoms with Crippen molar-refractivity contribution in [1.82, 2.24) is 5.32 Å². The molecule has 0 saturated carbocycles. The van der Waals surface area contributed by atoms with Gasteiger partial charge in [0.05, 0.1) is 6.61 Å². The highest BCUT2D eigenvalue weighted by Gasteiger charge is 2.22. The molecule has 5 nitrogen and oxygen atoms in total. The van der Waals surface area contributed by atoms with Gasteiger partial charge in [-0.1, -0.05) is 6.07 Å². The zero-order valence-corrected chi connectivity index (χ0v) is 11.3. The van der Waals surface area contributed by atoms with E-state index < -0.39 is 35.7 Å². The highest BCUT2D eigenvalue weighted by atomic mass is 19.1. The van der Waals surface area contributed by atoms with Crippen molar-refractivity contribution in [3.8, 4) is 0 Å². The molecule has 0 aliphatic heterocycles. The normalized spacial score (nSPS) is 10.2. The van der Waals surface area contributed by atoms with Gasteiger partial charge in [-0.3, -0.25) is 14.5 Å². The summed E-state index contributed by atoms with van der Waals surface area (Å²) in [7, 11) is 1.47. The number of carbonyl (C=O) groups is 2. The van der Waals surface area contributed by atoms with E-state index in [1.165, 1.54) is 13.2 Å². The van der Waals surface area contributed by atoms with E-state index in [2.05, 4.69) is 5.32 Å². The Hall–Kier alpha value is -2.02. The maximum atomic E-state index is 13.6. The summed E-state index contributed by atoms with van der Waals surface area (Å²) < 4.78 is 32.0. The summed E-state index contributed by atoms with van der Waals surface area (Å²) in [4.78, 5) is 23.9. The Bertz CT molecular complexity index is 474. The first-order valence-electron chi connectivity index (χ1n) is 5.95. The quantitative estimate of drug-likeness (QED) is 0.796. The first kappa shape index (κ1) is 16.0. The fourth-order valence-corrected chi connectivity index (χ4v) is 1.59. The van der Waals surface area contributed by atoms with Crippen LogP contribution in [0.25, 0.3) is 0 Å². The van der Waals surface area contributed by atoms with Crippen molar-refractivity contribution in [1.29, 1.82) is 0 Å². The number of anilines is 1. The number of rotatable bonds is 6. The van der Waals surface area contributed by atoms with Crippen LogP contribution in [0.2, 0.25) is 0 Å². The van der Waals surface area contributed by atoms with Crippen LogP contribution in [-0.4, -0.2) is 38.6 Å². The van der Waals surface area contributed by atoms with Gasteiger partial charge in [0.1, 0.15) is 23.9 Å². The van der Waals surface area contributed by atoms with Crippen LogP contribution >= 0.6 is 0 Å². The van der Waals surface area contributed by atoms with Gasteiger partial charge in [0, 0.05) is 20.6 Å². The van der Waals surface area contributed by atoms with Crippen molar-refractivity contribution >= 4 is 17.5 Å². The Balaban J connectivity index is 2.85. The molecule has 0 fully saturated rings. The summed E-state index contributed by atoms with van der Waals surface area (Å²) in [5, 5.41) is 2.47. The number of nitrogens with one attached hydrogen (secondary N) is 1. The lowest BCUT2D eigenvalue weighted by atomic mass is 10.2. The topological polar surface area (TPSA) is 58.6 Å². The van der Waals surface area contributed by atoms with Crippen LogP contribution < -0.4 is 10.2 Å². The van der Waals surface area contributed by atoms with E-state index in [0.29, 0.717) is 6.61 Å². The fourth-order valence-electron chi connectivity index (χ4n) is 1.59. The number of carbonyl (C=O) groups excluding carboxylic acids is 2. The Labute approximate surface area is 115 Å². The monoisotopic (exact) mass is 286 g/mol. The van der Waals surface area contributed by atoms with Crippen LogP contribution in [0.15, 0.2) is 18.2 Å². The van der Waals surface area contributed by atoms with Crippen LogP contribution in [-0.2, 0) is 14.3 Å². The van der Waals surface area contributed by atoms with Crippen LogP contribution in [0, 0.1) is 11.6 Å². The predicted molar refractivity (Wildman–Crippen MR) is 69.3 cm³/mol. The highest BCUT2D eigenvalue weighted by Crippen LogP contribution is 2.23. The van der Waals surface area contributed by atoms with E-state index in [1.807, 2.05) is 0 Å². The third-order valence-electron chi connectivity index (χ3n) is 2.52. The molecular weight excluding hydrogens is 270 g/mol. The third kappa shape index (κ3) is 4.27. The average molecular weight is 286 g/mol. The smallest absolute Gasteiger partial charge is 0.240 e. The lowest BCUT2D eigenvalue weighted by Crippen LogP contribution is -2.41. The summed E-state index contributed by atoms with van der Waals surface area (Å²) in [6.07, 6.45) is 0. The first-order valence-corrected chi connectivity index (χ1v) is 5.95. The SMILES string of the molecule is COCCNC(=O)CN(C(C)=O)c1c(F)cccc1F. The van der Waals surface area contributed by atoms with Gasteiger partial charge in [0.2, 0.25) is 11.8 Å². The number of amides is 2. The van der Waals surface area contributed by atoms with E-state index in [1.54, 1.807) is 0 Å². The number of para-hydroxylation sites is 1. The molecule has 110 valence electrons. The lowest BCUT2D eigenvalue weighted by Gasteiger charge is -2.21. The Morgan fingerprint density at radius 1 is 1.30 bits per heavy atom. The number of halogens is 2. The number of methoxy groups -OCH3 is 1. The summed E-state index contributed by atoms with van der Waals surface area (Å²) in [6, 6.07) is 3.24. The number of hydrogen-bond acceptors (Lipinski definition) is 3. The molecule has 1 aromatic carbocycles. The molecule has 0 aliphatic rings. The van der Waals surface area contributed by atoms with E-state index in [0.717, 1.165) is 24.0 Å². The number of hydrogen-bond donors (Lipinski definition) is 1. The number of benzene rings is 1. The minimum Gasteiger partial charge on any atom is -0.383 e. The second kappa shape index (κ2) is 7.54. The molecule has 0 aliphatic carbocycles. The molecule has 2 amide bonds. The average Bonchev–Trinajstić information content (AvgIpc) is 2.37. The zero-order valence-electron chi connectivity index (χ0n) is 11.3.